The fourth-order valence-electron chi connectivity index (χ4n) is 2.74. The van der Waals surface area contributed by atoms with Crippen LogP contribution < -0.4 is 0 Å². The van der Waals surface area contributed by atoms with Gasteiger partial charge in [-0.25, -0.2) is 8.42 Å². The van der Waals surface area contributed by atoms with Crippen LogP contribution in [-0.2, 0) is 15.6 Å². The molecule has 0 radical (unpaired) electrons. The van der Waals surface area contributed by atoms with Crippen LogP contribution in [0.4, 0.5) is 0 Å². The fraction of sp³-hybridized carbons (Fsp3) is 0.353. The molecule has 1 aliphatic rings. The maximum atomic E-state index is 12.4. The van der Waals surface area contributed by atoms with Crippen LogP contribution in [0.3, 0.4) is 0 Å². The summed E-state index contributed by atoms with van der Waals surface area (Å²) in [5.41, 5.74) is 0. The number of rotatable bonds is 4. The van der Waals surface area contributed by atoms with Gasteiger partial charge in [-0.3, -0.25) is 4.79 Å². The SMILES string of the molecule is O=C(c1ccc(CS(=O)(=O)c2ccc(Br)cc2)o1)N1CCCCC1. The predicted octanol–water partition coefficient (Wildman–Crippen LogP) is 3.64. The highest BCUT2D eigenvalue weighted by Crippen LogP contribution is 2.21. The van der Waals surface area contributed by atoms with Gasteiger partial charge >= 0.3 is 0 Å². The van der Waals surface area contributed by atoms with Crippen molar-refractivity contribution >= 4 is 31.7 Å². The zero-order valence-electron chi connectivity index (χ0n) is 13.1. The van der Waals surface area contributed by atoms with E-state index in [9.17, 15) is 13.2 Å². The van der Waals surface area contributed by atoms with E-state index in [0.29, 0.717) is 0 Å². The molecule has 0 N–H and O–H groups in total. The van der Waals surface area contributed by atoms with Gasteiger partial charge in [-0.05, 0) is 55.7 Å². The van der Waals surface area contributed by atoms with Crippen LogP contribution >= 0.6 is 15.9 Å². The van der Waals surface area contributed by atoms with E-state index in [2.05, 4.69) is 15.9 Å². The maximum absolute atomic E-state index is 12.4. The number of piperidine rings is 1. The van der Waals surface area contributed by atoms with E-state index < -0.39 is 9.84 Å². The van der Waals surface area contributed by atoms with Crippen LogP contribution in [0.5, 0.6) is 0 Å². The molecule has 1 amide bonds. The molecule has 0 aliphatic carbocycles. The second-order valence-electron chi connectivity index (χ2n) is 5.83. The van der Waals surface area contributed by atoms with Crippen LogP contribution in [0.15, 0.2) is 50.2 Å². The van der Waals surface area contributed by atoms with E-state index >= 15 is 0 Å². The molecule has 128 valence electrons. The van der Waals surface area contributed by atoms with E-state index in [1.165, 1.54) is 0 Å². The first-order chi connectivity index (χ1) is 11.5. The molecule has 0 atom stereocenters. The number of furan rings is 1. The number of likely N-dealkylation sites (tertiary alicyclic amines) is 1. The van der Waals surface area contributed by atoms with Gasteiger partial charge in [0.05, 0.1) is 4.90 Å². The van der Waals surface area contributed by atoms with Crippen LogP contribution in [0, 0.1) is 0 Å². The Balaban J connectivity index is 1.73. The smallest absolute Gasteiger partial charge is 0.289 e. The minimum atomic E-state index is -3.51. The summed E-state index contributed by atoms with van der Waals surface area (Å²) in [5, 5.41) is 0. The third kappa shape index (κ3) is 3.89. The van der Waals surface area contributed by atoms with Gasteiger partial charge in [0.2, 0.25) is 0 Å². The summed E-state index contributed by atoms with van der Waals surface area (Å²) in [7, 11) is -3.51. The third-order valence-electron chi connectivity index (χ3n) is 4.02. The molecule has 7 heteroatoms. The Morgan fingerprint density at radius 1 is 1.04 bits per heavy atom. The minimum Gasteiger partial charge on any atom is -0.455 e. The van der Waals surface area contributed by atoms with Crippen molar-refractivity contribution in [3.05, 3.63) is 52.4 Å². The zero-order chi connectivity index (χ0) is 17.2. The largest absolute Gasteiger partial charge is 0.455 e. The van der Waals surface area contributed by atoms with Crippen molar-refractivity contribution in [1.82, 2.24) is 4.90 Å². The normalized spacial score (nSPS) is 15.5. The molecule has 3 rings (SSSR count). The van der Waals surface area contributed by atoms with Crippen LogP contribution in [0.25, 0.3) is 0 Å². The monoisotopic (exact) mass is 411 g/mol. The van der Waals surface area contributed by atoms with Crippen LogP contribution in [0.2, 0.25) is 0 Å². The van der Waals surface area contributed by atoms with E-state index in [1.807, 2.05) is 0 Å². The van der Waals surface area contributed by atoms with Crippen molar-refractivity contribution in [3.8, 4) is 0 Å². The molecule has 0 spiro atoms. The van der Waals surface area contributed by atoms with Gasteiger partial charge in [-0.15, -0.1) is 0 Å². The fourth-order valence-corrected chi connectivity index (χ4v) is 4.25. The molecule has 1 saturated heterocycles. The van der Waals surface area contributed by atoms with Crippen molar-refractivity contribution in [2.75, 3.05) is 13.1 Å². The van der Waals surface area contributed by atoms with Crippen molar-refractivity contribution in [2.45, 2.75) is 29.9 Å². The van der Waals surface area contributed by atoms with E-state index in [-0.39, 0.29) is 28.1 Å². The first-order valence-electron chi connectivity index (χ1n) is 7.82. The lowest BCUT2D eigenvalue weighted by Gasteiger charge is -2.25. The summed E-state index contributed by atoms with van der Waals surface area (Å²) in [6, 6.07) is 9.57. The summed E-state index contributed by atoms with van der Waals surface area (Å²) < 4.78 is 31.2. The number of sulfone groups is 1. The molecule has 0 bridgehead atoms. The van der Waals surface area contributed by atoms with Crippen molar-refractivity contribution in [2.24, 2.45) is 0 Å². The highest BCUT2D eigenvalue weighted by molar-refractivity contribution is 9.10. The third-order valence-corrected chi connectivity index (χ3v) is 6.20. The summed E-state index contributed by atoms with van der Waals surface area (Å²) in [6.07, 6.45) is 3.13. The summed E-state index contributed by atoms with van der Waals surface area (Å²) in [6.45, 7) is 1.46. The van der Waals surface area contributed by atoms with E-state index in [0.717, 1.165) is 36.8 Å². The number of nitrogens with zero attached hydrogens (tertiary/aromatic N) is 1. The number of amides is 1. The molecule has 0 unspecified atom stereocenters. The molecule has 0 saturated carbocycles. The molecular formula is C17H18BrNO4S. The second kappa shape index (κ2) is 7.11. The van der Waals surface area contributed by atoms with Crippen LogP contribution in [-0.4, -0.2) is 32.3 Å². The molecule has 1 aromatic carbocycles. The quantitative estimate of drug-likeness (QED) is 0.769. The molecule has 2 aromatic rings. The molecular weight excluding hydrogens is 394 g/mol. The molecule has 1 fully saturated rings. The Kier molecular flexibility index (Phi) is 5.10. The number of hydrogen-bond acceptors (Lipinski definition) is 4. The maximum Gasteiger partial charge on any atom is 0.289 e. The number of carbonyl (C=O) groups is 1. The van der Waals surface area contributed by atoms with Crippen molar-refractivity contribution < 1.29 is 17.6 Å². The summed E-state index contributed by atoms with van der Waals surface area (Å²) >= 11 is 3.28. The van der Waals surface area contributed by atoms with Gasteiger partial charge in [-0.1, -0.05) is 15.9 Å². The van der Waals surface area contributed by atoms with Gasteiger partial charge in [0.15, 0.2) is 15.6 Å². The summed E-state index contributed by atoms with van der Waals surface area (Å²) in [5.74, 6) is 0.0558. The Bertz CT molecular complexity index is 821. The van der Waals surface area contributed by atoms with E-state index in [1.54, 1.807) is 41.3 Å². The predicted molar refractivity (Wildman–Crippen MR) is 93.5 cm³/mol. The van der Waals surface area contributed by atoms with Gasteiger partial charge in [0.1, 0.15) is 11.5 Å². The summed E-state index contributed by atoms with van der Waals surface area (Å²) in [4.78, 5) is 14.4. The number of benzene rings is 1. The Labute approximate surface area is 149 Å². The Morgan fingerprint density at radius 3 is 2.38 bits per heavy atom. The average molecular weight is 412 g/mol. The lowest BCUT2D eigenvalue weighted by molar-refractivity contribution is 0.0690. The molecule has 2 heterocycles. The zero-order valence-corrected chi connectivity index (χ0v) is 15.5. The topological polar surface area (TPSA) is 67.6 Å². The second-order valence-corrected chi connectivity index (χ2v) is 8.74. The highest BCUT2D eigenvalue weighted by Gasteiger charge is 2.23. The van der Waals surface area contributed by atoms with Gasteiger partial charge in [0.25, 0.3) is 5.91 Å². The van der Waals surface area contributed by atoms with Crippen molar-refractivity contribution in [1.29, 1.82) is 0 Å². The molecule has 1 aliphatic heterocycles. The molecule has 5 nitrogen and oxygen atoms in total. The molecule has 24 heavy (non-hydrogen) atoms. The lowest BCUT2D eigenvalue weighted by Crippen LogP contribution is -2.35. The Hall–Kier alpha value is -1.60. The van der Waals surface area contributed by atoms with Gasteiger partial charge < -0.3 is 9.32 Å². The lowest BCUT2D eigenvalue weighted by atomic mass is 10.1. The number of hydrogen-bond donors (Lipinski definition) is 0. The van der Waals surface area contributed by atoms with Gasteiger partial charge in [0, 0.05) is 17.6 Å². The minimum absolute atomic E-state index is 0.165. The average Bonchev–Trinajstić information content (AvgIpc) is 3.03. The van der Waals surface area contributed by atoms with Gasteiger partial charge in [-0.2, -0.15) is 0 Å². The Morgan fingerprint density at radius 2 is 1.71 bits per heavy atom. The number of carbonyl (C=O) groups excluding carboxylic acids is 1. The first kappa shape index (κ1) is 17.2. The highest BCUT2D eigenvalue weighted by atomic mass is 79.9. The standard InChI is InChI=1S/C17H18BrNO4S/c18-13-4-7-15(8-5-13)24(21,22)12-14-6-9-16(23-14)17(20)19-10-2-1-3-11-19/h4-9H,1-3,10-12H2. The van der Waals surface area contributed by atoms with E-state index in [4.69, 9.17) is 4.42 Å². The van der Waals surface area contributed by atoms with Crippen molar-refractivity contribution in [3.63, 3.8) is 0 Å². The van der Waals surface area contributed by atoms with Crippen LogP contribution in [0.1, 0.15) is 35.6 Å². The first-order valence-corrected chi connectivity index (χ1v) is 10.3. The molecule has 1 aromatic heterocycles. The number of halogens is 1.